The fourth-order valence-electron chi connectivity index (χ4n) is 1.87. The average Bonchev–Trinajstić information content (AvgIpc) is 2.36. The molecule has 102 valence electrons. The summed E-state index contributed by atoms with van der Waals surface area (Å²) in [5.74, 6) is 1.03. The van der Waals surface area contributed by atoms with E-state index in [2.05, 4.69) is 31.2 Å². The Bertz CT molecular complexity index is 342. The van der Waals surface area contributed by atoms with E-state index >= 15 is 0 Å². The van der Waals surface area contributed by atoms with Crippen LogP contribution >= 0.6 is 23.2 Å². The molecule has 0 saturated carbocycles. The first-order valence-electron chi connectivity index (χ1n) is 6.35. The van der Waals surface area contributed by atoms with Gasteiger partial charge in [0.2, 0.25) is 0 Å². The van der Waals surface area contributed by atoms with Gasteiger partial charge >= 0.3 is 0 Å². The number of hydrogen-bond acceptors (Lipinski definition) is 1. The maximum Gasteiger partial charge on any atom is 0.0518 e. The minimum atomic E-state index is -0.189. The standard InChI is InChI=1S/C15H22Cl2O/c1-12(2)18-9-8-15(10-16,11-17)14-6-4-13(3)5-7-14/h4-7,12H,8-11H2,1-3H3. The number of hydrogen-bond donors (Lipinski definition) is 0. The van der Waals surface area contributed by atoms with Crippen LogP contribution in [0, 0.1) is 6.92 Å². The molecule has 3 heteroatoms. The zero-order chi connectivity index (χ0) is 13.6. The monoisotopic (exact) mass is 288 g/mol. The fourth-order valence-corrected chi connectivity index (χ4v) is 2.73. The lowest BCUT2D eigenvalue weighted by molar-refractivity contribution is 0.0677. The number of rotatable bonds is 7. The van der Waals surface area contributed by atoms with Gasteiger partial charge in [0.1, 0.15) is 0 Å². The van der Waals surface area contributed by atoms with E-state index < -0.39 is 0 Å². The van der Waals surface area contributed by atoms with Gasteiger partial charge in [0.25, 0.3) is 0 Å². The van der Waals surface area contributed by atoms with Gasteiger partial charge in [0.05, 0.1) is 6.10 Å². The van der Waals surface area contributed by atoms with Gasteiger partial charge in [0, 0.05) is 23.8 Å². The van der Waals surface area contributed by atoms with Crippen molar-refractivity contribution in [3.8, 4) is 0 Å². The van der Waals surface area contributed by atoms with Gasteiger partial charge in [-0.1, -0.05) is 29.8 Å². The molecule has 0 saturated heterocycles. The van der Waals surface area contributed by atoms with Crippen molar-refractivity contribution in [1.29, 1.82) is 0 Å². The summed E-state index contributed by atoms with van der Waals surface area (Å²) in [6, 6.07) is 8.45. The second kappa shape index (κ2) is 7.37. The molecule has 1 rings (SSSR count). The molecule has 0 atom stereocenters. The summed E-state index contributed by atoms with van der Waals surface area (Å²) in [4.78, 5) is 0. The highest BCUT2D eigenvalue weighted by Gasteiger charge is 2.30. The van der Waals surface area contributed by atoms with Gasteiger partial charge in [-0.15, -0.1) is 23.2 Å². The van der Waals surface area contributed by atoms with Gasteiger partial charge in [-0.3, -0.25) is 0 Å². The van der Waals surface area contributed by atoms with Crippen molar-refractivity contribution in [2.45, 2.75) is 38.7 Å². The largest absolute Gasteiger partial charge is 0.379 e. The molecule has 0 aliphatic heterocycles. The Morgan fingerprint density at radius 1 is 1.11 bits per heavy atom. The van der Waals surface area contributed by atoms with E-state index in [9.17, 15) is 0 Å². The highest BCUT2D eigenvalue weighted by atomic mass is 35.5. The molecule has 0 fully saturated rings. The Morgan fingerprint density at radius 2 is 1.67 bits per heavy atom. The predicted octanol–water partition coefficient (Wildman–Crippen LogP) is 4.53. The third-order valence-corrected chi connectivity index (χ3v) is 4.23. The first-order valence-corrected chi connectivity index (χ1v) is 7.41. The normalized spacial score (nSPS) is 12.1. The van der Waals surface area contributed by atoms with Crippen LogP contribution in [0.5, 0.6) is 0 Å². The fraction of sp³-hybridized carbons (Fsp3) is 0.600. The van der Waals surface area contributed by atoms with Crippen molar-refractivity contribution in [2.24, 2.45) is 0 Å². The molecule has 0 bridgehead atoms. The zero-order valence-corrected chi connectivity index (χ0v) is 12.9. The molecular weight excluding hydrogens is 267 g/mol. The summed E-state index contributed by atoms with van der Waals surface area (Å²) in [7, 11) is 0. The summed E-state index contributed by atoms with van der Waals surface area (Å²) >= 11 is 12.3. The summed E-state index contributed by atoms with van der Waals surface area (Å²) < 4.78 is 5.63. The van der Waals surface area contributed by atoms with E-state index in [-0.39, 0.29) is 11.5 Å². The minimum Gasteiger partial charge on any atom is -0.379 e. The van der Waals surface area contributed by atoms with Gasteiger partial charge < -0.3 is 4.74 Å². The minimum absolute atomic E-state index is 0.189. The van der Waals surface area contributed by atoms with Crippen molar-refractivity contribution in [3.63, 3.8) is 0 Å². The van der Waals surface area contributed by atoms with Crippen molar-refractivity contribution >= 4 is 23.2 Å². The average molecular weight is 289 g/mol. The van der Waals surface area contributed by atoms with Gasteiger partial charge in [-0.05, 0) is 32.8 Å². The molecule has 0 amide bonds. The first kappa shape index (κ1) is 15.8. The topological polar surface area (TPSA) is 9.23 Å². The van der Waals surface area contributed by atoms with Crippen LogP contribution in [0.15, 0.2) is 24.3 Å². The maximum atomic E-state index is 6.17. The van der Waals surface area contributed by atoms with Crippen LogP contribution in [0.25, 0.3) is 0 Å². The Hall–Kier alpha value is -0.240. The van der Waals surface area contributed by atoms with Crippen LogP contribution in [0.2, 0.25) is 0 Å². The van der Waals surface area contributed by atoms with Crippen molar-refractivity contribution < 1.29 is 4.74 Å². The number of halogens is 2. The lowest BCUT2D eigenvalue weighted by atomic mass is 9.81. The summed E-state index contributed by atoms with van der Waals surface area (Å²) in [6.45, 7) is 6.84. The molecule has 0 aliphatic rings. The molecular formula is C15H22Cl2O. The van der Waals surface area contributed by atoms with Crippen LogP contribution < -0.4 is 0 Å². The molecule has 1 aromatic carbocycles. The van der Waals surface area contributed by atoms with E-state index in [1.807, 2.05) is 13.8 Å². The van der Waals surface area contributed by atoms with E-state index in [0.717, 1.165) is 6.42 Å². The van der Waals surface area contributed by atoms with Crippen LogP contribution in [0.4, 0.5) is 0 Å². The van der Waals surface area contributed by atoms with Crippen molar-refractivity contribution in [2.75, 3.05) is 18.4 Å². The Labute approximate surface area is 120 Å². The van der Waals surface area contributed by atoms with Gasteiger partial charge in [-0.2, -0.15) is 0 Å². The van der Waals surface area contributed by atoms with Crippen LogP contribution in [0.1, 0.15) is 31.4 Å². The smallest absolute Gasteiger partial charge is 0.0518 e. The SMILES string of the molecule is Cc1ccc(C(CCl)(CCl)CCOC(C)C)cc1. The second-order valence-corrected chi connectivity index (χ2v) is 5.62. The van der Waals surface area contributed by atoms with Crippen molar-refractivity contribution in [1.82, 2.24) is 0 Å². The third kappa shape index (κ3) is 4.15. The summed E-state index contributed by atoms with van der Waals surface area (Å²) in [6.07, 6.45) is 1.09. The molecule has 1 nitrogen and oxygen atoms in total. The first-order chi connectivity index (χ1) is 8.54. The van der Waals surface area contributed by atoms with Crippen LogP contribution in [-0.4, -0.2) is 24.5 Å². The molecule has 18 heavy (non-hydrogen) atoms. The Morgan fingerprint density at radius 3 is 2.11 bits per heavy atom. The van der Waals surface area contributed by atoms with Gasteiger partial charge in [-0.25, -0.2) is 0 Å². The summed E-state index contributed by atoms with van der Waals surface area (Å²) in [5.41, 5.74) is 2.26. The second-order valence-electron chi connectivity index (χ2n) is 5.08. The Kier molecular flexibility index (Phi) is 6.48. The van der Waals surface area contributed by atoms with Gasteiger partial charge in [0.15, 0.2) is 0 Å². The highest BCUT2D eigenvalue weighted by molar-refractivity contribution is 6.22. The molecule has 0 aliphatic carbocycles. The zero-order valence-electron chi connectivity index (χ0n) is 11.4. The molecule has 0 unspecified atom stereocenters. The number of ether oxygens (including phenoxy) is 1. The van der Waals surface area contributed by atoms with Crippen LogP contribution in [0.3, 0.4) is 0 Å². The number of alkyl halides is 2. The van der Waals surface area contributed by atoms with E-state index in [1.165, 1.54) is 11.1 Å². The molecule has 0 radical (unpaired) electrons. The molecule has 0 aromatic heterocycles. The highest BCUT2D eigenvalue weighted by Crippen LogP contribution is 2.31. The van der Waals surface area contributed by atoms with E-state index in [1.54, 1.807) is 0 Å². The number of aryl methyl sites for hydroxylation is 1. The van der Waals surface area contributed by atoms with E-state index in [4.69, 9.17) is 27.9 Å². The number of benzene rings is 1. The van der Waals surface area contributed by atoms with Crippen LogP contribution in [-0.2, 0) is 10.2 Å². The molecule has 1 aromatic rings. The lowest BCUT2D eigenvalue weighted by Crippen LogP contribution is -2.32. The van der Waals surface area contributed by atoms with Crippen molar-refractivity contribution in [3.05, 3.63) is 35.4 Å². The predicted molar refractivity (Wildman–Crippen MR) is 80.0 cm³/mol. The van der Waals surface area contributed by atoms with E-state index in [0.29, 0.717) is 18.4 Å². The molecule has 0 spiro atoms. The maximum absolute atomic E-state index is 6.17. The lowest BCUT2D eigenvalue weighted by Gasteiger charge is -2.30. The third-order valence-electron chi connectivity index (χ3n) is 3.21. The molecule has 0 heterocycles. The molecule has 0 N–H and O–H groups in total. The summed E-state index contributed by atoms with van der Waals surface area (Å²) in [5, 5.41) is 0. The Balaban J connectivity index is 2.81. The quantitative estimate of drug-likeness (QED) is 0.670.